The second kappa shape index (κ2) is 7.64. The van der Waals surface area contributed by atoms with Crippen molar-refractivity contribution in [2.45, 2.75) is 32.0 Å². The van der Waals surface area contributed by atoms with E-state index in [0.717, 1.165) is 22.6 Å². The van der Waals surface area contributed by atoms with Crippen LogP contribution in [0.3, 0.4) is 0 Å². The summed E-state index contributed by atoms with van der Waals surface area (Å²) >= 11 is 0. The van der Waals surface area contributed by atoms with Crippen molar-refractivity contribution in [3.63, 3.8) is 0 Å². The molecule has 1 heterocycles. The molecule has 0 saturated heterocycles. The van der Waals surface area contributed by atoms with Crippen LogP contribution in [0.5, 0.6) is 11.5 Å². The topological polar surface area (TPSA) is 50.7 Å². The Morgan fingerprint density at radius 2 is 1.79 bits per heavy atom. The van der Waals surface area contributed by atoms with Gasteiger partial charge in [0.15, 0.2) is 11.5 Å². The number of fused-ring (bicyclic) bond motifs is 1. The van der Waals surface area contributed by atoms with Gasteiger partial charge in [0.2, 0.25) is 0 Å². The van der Waals surface area contributed by atoms with E-state index in [4.69, 9.17) is 9.47 Å². The van der Waals surface area contributed by atoms with Crippen molar-refractivity contribution in [3.05, 3.63) is 59.4 Å². The predicted molar refractivity (Wildman–Crippen MR) is 89.7 cm³/mol. The van der Waals surface area contributed by atoms with E-state index in [0.29, 0.717) is 26.2 Å². The Hall–Kier alpha value is -2.11. The lowest BCUT2D eigenvalue weighted by molar-refractivity contribution is 0.153. The molecule has 1 aliphatic rings. The number of hydrogen-bond donors (Lipinski definition) is 2. The Kier molecular flexibility index (Phi) is 5.33. The van der Waals surface area contributed by atoms with Gasteiger partial charge in [0, 0.05) is 12.6 Å². The SMILES string of the molecule is CC(CC(O)c1ccc(F)cc1)NCc1ccc2c(c1)OCCO2. The van der Waals surface area contributed by atoms with E-state index in [1.807, 2.05) is 25.1 Å². The molecule has 0 aromatic heterocycles. The third-order valence-corrected chi connectivity index (χ3v) is 4.09. The monoisotopic (exact) mass is 331 g/mol. The van der Waals surface area contributed by atoms with Gasteiger partial charge in [0.05, 0.1) is 6.10 Å². The normalized spacial score (nSPS) is 15.8. The van der Waals surface area contributed by atoms with Gasteiger partial charge in [-0.15, -0.1) is 0 Å². The van der Waals surface area contributed by atoms with Crippen molar-refractivity contribution < 1.29 is 19.0 Å². The van der Waals surface area contributed by atoms with Gasteiger partial charge in [-0.1, -0.05) is 18.2 Å². The van der Waals surface area contributed by atoms with E-state index in [1.165, 1.54) is 12.1 Å². The third-order valence-electron chi connectivity index (χ3n) is 4.09. The van der Waals surface area contributed by atoms with Crippen molar-refractivity contribution in [2.75, 3.05) is 13.2 Å². The highest BCUT2D eigenvalue weighted by Crippen LogP contribution is 2.30. The summed E-state index contributed by atoms with van der Waals surface area (Å²) in [5.41, 5.74) is 1.83. The highest BCUT2D eigenvalue weighted by atomic mass is 19.1. The maximum Gasteiger partial charge on any atom is 0.161 e. The molecule has 24 heavy (non-hydrogen) atoms. The van der Waals surface area contributed by atoms with E-state index in [-0.39, 0.29) is 11.9 Å². The molecule has 0 spiro atoms. The Labute approximate surface area is 141 Å². The number of ether oxygens (including phenoxy) is 2. The lowest BCUT2D eigenvalue weighted by Gasteiger charge is -2.20. The summed E-state index contributed by atoms with van der Waals surface area (Å²) < 4.78 is 24.0. The lowest BCUT2D eigenvalue weighted by atomic mass is 10.0. The van der Waals surface area contributed by atoms with Gasteiger partial charge in [0.25, 0.3) is 0 Å². The van der Waals surface area contributed by atoms with Crippen LogP contribution in [0.15, 0.2) is 42.5 Å². The van der Waals surface area contributed by atoms with Gasteiger partial charge in [-0.25, -0.2) is 4.39 Å². The van der Waals surface area contributed by atoms with Crippen LogP contribution in [0.25, 0.3) is 0 Å². The molecule has 0 saturated carbocycles. The zero-order valence-electron chi connectivity index (χ0n) is 13.7. The molecule has 0 amide bonds. The molecule has 2 unspecified atom stereocenters. The first-order chi connectivity index (χ1) is 11.6. The van der Waals surface area contributed by atoms with Crippen molar-refractivity contribution in [2.24, 2.45) is 0 Å². The van der Waals surface area contributed by atoms with Crippen molar-refractivity contribution in [3.8, 4) is 11.5 Å². The summed E-state index contributed by atoms with van der Waals surface area (Å²) in [6.45, 7) is 3.85. The van der Waals surface area contributed by atoms with Crippen LogP contribution >= 0.6 is 0 Å². The number of aliphatic hydroxyl groups excluding tert-OH is 1. The average molecular weight is 331 g/mol. The minimum atomic E-state index is -0.617. The molecule has 0 fully saturated rings. The second-order valence-electron chi connectivity index (χ2n) is 6.06. The highest BCUT2D eigenvalue weighted by molar-refractivity contribution is 5.43. The Morgan fingerprint density at radius 1 is 1.08 bits per heavy atom. The molecule has 2 aromatic rings. The molecule has 2 atom stereocenters. The lowest BCUT2D eigenvalue weighted by Crippen LogP contribution is -2.27. The Bertz CT molecular complexity index is 675. The van der Waals surface area contributed by atoms with Gasteiger partial charge in [-0.3, -0.25) is 0 Å². The van der Waals surface area contributed by atoms with Crippen LogP contribution in [0, 0.1) is 5.82 Å². The number of aliphatic hydroxyl groups is 1. The molecule has 0 radical (unpaired) electrons. The molecule has 0 aliphatic carbocycles. The minimum Gasteiger partial charge on any atom is -0.486 e. The molecular weight excluding hydrogens is 309 g/mol. The number of hydrogen-bond acceptors (Lipinski definition) is 4. The molecule has 2 aromatic carbocycles. The first-order valence-electron chi connectivity index (χ1n) is 8.17. The maximum atomic E-state index is 12.9. The smallest absolute Gasteiger partial charge is 0.161 e. The Morgan fingerprint density at radius 3 is 2.54 bits per heavy atom. The highest BCUT2D eigenvalue weighted by Gasteiger charge is 2.14. The van der Waals surface area contributed by atoms with E-state index in [9.17, 15) is 9.50 Å². The summed E-state index contributed by atoms with van der Waals surface area (Å²) in [6.07, 6.45) is -0.0655. The largest absolute Gasteiger partial charge is 0.486 e. The van der Waals surface area contributed by atoms with Crippen LogP contribution in [0.4, 0.5) is 4.39 Å². The van der Waals surface area contributed by atoms with Crippen molar-refractivity contribution in [1.29, 1.82) is 0 Å². The van der Waals surface area contributed by atoms with Gasteiger partial charge in [-0.2, -0.15) is 0 Å². The first kappa shape index (κ1) is 16.7. The average Bonchev–Trinajstić information content (AvgIpc) is 2.60. The molecule has 4 nitrogen and oxygen atoms in total. The zero-order valence-corrected chi connectivity index (χ0v) is 13.7. The zero-order chi connectivity index (χ0) is 16.9. The predicted octanol–water partition coefficient (Wildman–Crippen LogP) is 3.20. The van der Waals surface area contributed by atoms with E-state index < -0.39 is 6.10 Å². The molecule has 3 rings (SSSR count). The maximum absolute atomic E-state index is 12.9. The summed E-state index contributed by atoms with van der Waals surface area (Å²) in [4.78, 5) is 0. The fraction of sp³-hybridized carbons (Fsp3) is 0.368. The van der Waals surface area contributed by atoms with E-state index in [2.05, 4.69) is 5.32 Å². The van der Waals surface area contributed by atoms with Gasteiger partial charge < -0.3 is 19.9 Å². The van der Waals surface area contributed by atoms with Gasteiger partial charge >= 0.3 is 0 Å². The minimum absolute atomic E-state index is 0.109. The molecule has 0 bridgehead atoms. The standard InChI is InChI=1S/C19H22FNO3/c1-13(10-17(22)15-3-5-16(20)6-4-15)21-12-14-2-7-18-19(11-14)24-9-8-23-18/h2-7,11,13,17,21-22H,8-10,12H2,1H3. The fourth-order valence-corrected chi connectivity index (χ4v) is 2.73. The van der Waals surface area contributed by atoms with Crippen LogP contribution < -0.4 is 14.8 Å². The molecule has 128 valence electrons. The number of nitrogens with one attached hydrogen (secondary N) is 1. The molecular formula is C19H22FNO3. The summed E-state index contributed by atoms with van der Waals surface area (Å²) in [6, 6.07) is 12.0. The van der Waals surface area contributed by atoms with Gasteiger partial charge in [0.1, 0.15) is 19.0 Å². The van der Waals surface area contributed by atoms with E-state index >= 15 is 0 Å². The molecule has 5 heteroatoms. The molecule has 2 N–H and O–H groups in total. The molecule has 1 aliphatic heterocycles. The number of halogens is 1. The van der Waals surface area contributed by atoms with Crippen LogP contribution in [-0.2, 0) is 6.54 Å². The van der Waals surface area contributed by atoms with Crippen molar-refractivity contribution >= 4 is 0 Å². The summed E-state index contributed by atoms with van der Waals surface area (Å²) in [5.74, 6) is 1.26. The number of benzene rings is 2. The fourth-order valence-electron chi connectivity index (χ4n) is 2.73. The van der Waals surface area contributed by atoms with Crippen LogP contribution in [0.1, 0.15) is 30.6 Å². The second-order valence-corrected chi connectivity index (χ2v) is 6.06. The van der Waals surface area contributed by atoms with E-state index in [1.54, 1.807) is 12.1 Å². The third kappa shape index (κ3) is 4.24. The number of rotatable bonds is 6. The Balaban J connectivity index is 1.51. The summed E-state index contributed by atoms with van der Waals surface area (Å²) in [7, 11) is 0. The van der Waals surface area contributed by atoms with Crippen LogP contribution in [-0.4, -0.2) is 24.4 Å². The van der Waals surface area contributed by atoms with Crippen LogP contribution in [0.2, 0.25) is 0 Å². The first-order valence-corrected chi connectivity index (χ1v) is 8.17. The quantitative estimate of drug-likeness (QED) is 0.853. The van der Waals surface area contributed by atoms with Gasteiger partial charge in [-0.05, 0) is 48.7 Å². The van der Waals surface area contributed by atoms with Crippen molar-refractivity contribution in [1.82, 2.24) is 5.32 Å². The summed E-state index contributed by atoms with van der Waals surface area (Å²) in [5, 5.41) is 13.6.